The first-order valence-corrected chi connectivity index (χ1v) is 6.53. The van der Waals surface area contributed by atoms with Gasteiger partial charge in [-0.3, -0.25) is 0 Å². The summed E-state index contributed by atoms with van der Waals surface area (Å²) in [7, 11) is 3.44. The van der Waals surface area contributed by atoms with Crippen LogP contribution in [0.15, 0.2) is 17.0 Å². The molecule has 16 heavy (non-hydrogen) atoms. The van der Waals surface area contributed by atoms with Crippen LogP contribution in [0.3, 0.4) is 0 Å². The number of hydrogen-bond donors (Lipinski definition) is 1. The van der Waals surface area contributed by atoms with Gasteiger partial charge in [-0.15, -0.1) is 11.8 Å². The predicted octanol–water partition coefficient (Wildman–Crippen LogP) is 2.11. The molecule has 1 aromatic rings. The van der Waals surface area contributed by atoms with Gasteiger partial charge in [0.05, 0.1) is 19.1 Å². The Labute approximate surface area is 101 Å². The molecule has 1 aliphatic rings. The second-order valence-corrected chi connectivity index (χ2v) is 4.65. The van der Waals surface area contributed by atoms with E-state index in [0.29, 0.717) is 5.92 Å². The standard InChI is InChI=1S/C12H17NO2S/c1-14-10-5-12(16-3)11(15-2)4-9(10)8-6-13-7-8/h4-5,8,13H,6-7H2,1-3H3. The zero-order chi connectivity index (χ0) is 11.5. The van der Waals surface area contributed by atoms with Gasteiger partial charge in [0, 0.05) is 24.6 Å². The van der Waals surface area contributed by atoms with Gasteiger partial charge in [-0.25, -0.2) is 0 Å². The molecule has 0 aromatic heterocycles. The number of nitrogens with one attached hydrogen (secondary N) is 1. The summed E-state index contributed by atoms with van der Waals surface area (Å²) in [6, 6.07) is 4.17. The van der Waals surface area contributed by atoms with E-state index >= 15 is 0 Å². The maximum Gasteiger partial charge on any atom is 0.132 e. The lowest BCUT2D eigenvalue weighted by Gasteiger charge is -2.29. The summed E-state index contributed by atoms with van der Waals surface area (Å²) in [6.07, 6.45) is 2.04. The van der Waals surface area contributed by atoms with Crippen molar-refractivity contribution in [2.24, 2.45) is 0 Å². The topological polar surface area (TPSA) is 30.5 Å². The zero-order valence-corrected chi connectivity index (χ0v) is 10.7. The molecule has 0 atom stereocenters. The second-order valence-electron chi connectivity index (χ2n) is 3.80. The quantitative estimate of drug-likeness (QED) is 0.815. The van der Waals surface area contributed by atoms with E-state index in [1.807, 2.05) is 6.26 Å². The summed E-state index contributed by atoms with van der Waals surface area (Å²) in [6.45, 7) is 2.05. The fourth-order valence-electron chi connectivity index (χ4n) is 1.88. The van der Waals surface area contributed by atoms with Crippen molar-refractivity contribution in [1.82, 2.24) is 5.32 Å². The van der Waals surface area contributed by atoms with Crippen molar-refractivity contribution in [2.75, 3.05) is 33.6 Å². The van der Waals surface area contributed by atoms with Crippen LogP contribution < -0.4 is 14.8 Å². The Balaban J connectivity index is 2.41. The molecular weight excluding hydrogens is 222 g/mol. The second kappa shape index (κ2) is 4.97. The van der Waals surface area contributed by atoms with Crippen LogP contribution >= 0.6 is 11.8 Å². The summed E-state index contributed by atoms with van der Waals surface area (Å²) >= 11 is 1.67. The number of rotatable bonds is 4. The van der Waals surface area contributed by atoms with Gasteiger partial charge in [0.15, 0.2) is 0 Å². The monoisotopic (exact) mass is 239 g/mol. The minimum atomic E-state index is 0.555. The summed E-state index contributed by atoms with van der Waals surface area (Å²) in [4.78, 5) is 1.12. The maximum atomic E-state index is 5.45. The summed E-state index contributed by atoms with van der Waals surface area (Å²) in [5.41, 5.74) is 1.25. The van der Waals surface area contributed by atoms with E-state index in [-0.39, 0.29) is 0 Å². The molecule has 1 N–H and O–H groups in total. The third-order valence-electron chi connectivity index (χ3n) is 2.96. The van der Waals surface area contributed by atoms with Crippen LogP contribution in [0.4, 0.5) is 0 Å². The van der Waals surface area contributed by atoms with Crippen LogP contribution in [-0.4, -0.2) is 33.6 Å². The lowest BCUT2D eigenvalue weighted by Crippen LogP contribution is -2.40. The van der Waals surface area contributed by atoms with Gasteiger partial charge in [-0.2, -0.15) is 0 Å². The van der Waals surface area contributed by atoms with Gasteiger partial charge in [-0.05, 0) is 18.4 Å². The average Bonchev–Trinajstić information content (AvgIpc) is 2.26. The van der Waals surface area contributed by atoms with Gasteiger partial charge in [0.2, 0.25) is 0 Å². The van der Waals surface area contributed by atoms with E-state index < -0.39 is 0 Å². The molecular formula is C12H17NO2S. The van der Waals surface area contributed by atoms with Crippen molar-refractivity contribution >= 4 is 11.8 Å². The van der Waals surface area contributed by atoms with Gasteiger partial charge in [0.25, 0.3) is 0 Å². The maximum absolute atomic E-state index is 5.45. The Morgan fingerprint density at radius 1 is 1.19 bits per heavy atom. The average molecular weight is 239 g/mol. The van der Waals surface area contributed by atoms with E-state index in [4.69, 9.17) is 9.47 Å². The van der Waals surface area contributed by atoms with Crippen molar-refractivity contribution in [3.05, 3.63) is 17.7 Å². The lowest BCUT2D eigenvalue weighted by molar-refractivity contribution is 0.373. The number of benzene rings is 1. The van der Waals surface area contributed by atoms with Crippen molar-refractivity contribution in [1.29, 1.82) is 0 Å². The van der Waals surface area contributed by atoms with E-state index in [1.54, 1.807) is 26.0 Å². The lowest BCUT2D eigenvalue weighted by atomic mass is 9.93. The van der Waals surface area contributed by atoms with Crippen molar-refractivity contribution in [2.45, 2.75) is 10.8 Å². The molecule has 1 saturated heterocycles. The van der Waals surface area contributed by atoms with Crippen LogP contribution in [0.2, 0.25) is 0 Å². The first kappa shape index (κ1) is 11.6. The molecule has 0 radical (unpaired) electrons. The molecule has 4 heteroatoms. The summed E-state index contributed by atoms with van der Waals surface area (Å²) in [5, 5.41) is 3.28. The van der Waals surface area contributed by atoms with E-state index in [1.165, 1.54) is 5.56 Å². The Kier molecular flexibility index (Phi) is 3.61. The molecule has 1 aromatic carbocycles. The molecule has 3 nitrogen and oxygen atoms in total. The SMILES string of the molecule is COc1cc(C2CNC2)c(OC)cc1SC. The normalized spacial score (nSPS) is 15.7. The Bertz CT molecular complexity index is 378. The Hall–Kier alpha value is -0.870. The smallest absolute Gasteiger partial charge is 0.132 e. The highest BCUT2D eigenvalue weighted by molar-refractivity contribution is 7.98. The highest BCUT2D eigenvalue weighted by Crippen LogP contribution is 2.38. The number of hydrogen-bond acceptors (Lipinski definition) is 4. The Morgan fingerprint density at radius 3 is 2.31 bits per heavy atom. The van der Waals surface area contributed by atoms with Crippen LogP contribution in [0.5, 0.6) is 11.5 Å². The summed E-state index contributed by atoms with van der Waals surface area (Å²) < 4.78 is 10.8. The molecule has 0 bridgehead atoms. The van der Waals surface area contributed by atoms with Crippen LogP contribution in [0, 0.1) is 0 Å². The first-order valence-electron chi connectivity index (χ1n) is 5.30. The molecule has 1 heterocycles. The van der Waals surface area contributed by atoms with Crippen LogP contribution in [0.25, 0.3) is 0 Å². The molecule has 2 rings (SSSR count). The van der Waals surface area contributed by atoms with Crippen LogP contribution in [0.1, 0.15) is 11.5 Å². The molecule has 1 fully saturated rings. The van der Waals surface area contributed by atoms with Gasteiger partial charge in [-0.1, -0.05) is 0 Å². The van der Waals surface area contributed by atoms with Crippen molar-refractivity contribution in [3.63, 3.8) is 0 Å². The molecule has 0 unspecified atom stereocenters. The van der Waals surface area contributed by atoms with E-state index in [2.05, 4.69) is 17.4 Å². The highest BCUT2D eigenvalue weighted by atomic mass is 32.2. The number of thioether (sulfide) groups is 1. The summed E-state index contributed by atoms with van der Waals surface area (Å²) in [5.74, 6) is 2.46. The number of methoxy groups -OCH3 is 2. The molecule has 1 aliphatic heterocycles. The molecule has 0 saturated carbocycles. The fourth-order valence-corrected chi connectivity index (χ4v) is 2.45. The molecule has 0 spiro atoms. The highest BCUT2D eigenvalue weighted by Gasteiger charge is 2.24. The first-order chi connectivity index (χ1) is 7.80. The number of ether oxygens (including phenoxy) is 2. The van der Waals surface area contributed by atoms with Gasteiger partial charge in [0.1, 0.15) is 11.5 Å². The fraction of sp³-hybridized carbons (Fsp3) is 0.500. The third-order valence-corrected chi connectivity index (χ3v) is 3.72. The minimum Gasteiger partial charge on any atom is -0.496 e. The van der Waals surface area contributed by atoms with Crippen molar-refractivity contribution in [3.8, 4) is 11.5 Å². The minimum absolute atomic E-state index is 0.555. The molecule has 0 amide bonds. The third kappa shape index (κ3) is 1.99. The largest absolute Gasteiger partial charge is 0.496 e. The molecule has 0 aliphatic carbocycles. The predicted molar refractivity (Wildman–Crippen MR) is 66.9 cm³/mol. The van der Waals surface area contributed by atoms with E-state index in [9.17, 15) is 0 Å². The Morgan fingerprint density at radius 2 is 1.88 bits per heavy atom. The zero-order valence-electron chi connectivity index (χ0n) is 9.87. The molecule has 88 valence electrons. The van der Waals surface area contributed by atoms with E-state index in [0.717, 1.165) is 29.5 Å². The van der Waals surface area contributed by atoms with Gasteiger partial charge < -0.3 is 14.8 Å². The van der Waals surface area contributed by atoms with Gasteiger partial charge >= 0.3 is 0 Å². The van der Waals surface area contributed by atoms with Crippen LogP contribution in [-0.2, 0) is 0 Å². The van der Waals surface area contributed by atoms with Crippen molar-refractivity contribution < 1.29 is 9.47 Å².